The number of carboxylic acids is 1. The highest BCUT2D eigenvalue weighted by molar-refractivity contribution is 8.26. The van der Waals surface area contributed by atoms with Crippen LogP contribution in [0.25, 0.3) is 6.08 Å². The molecule has 1 saturated heterocycles. The van der Waals surface area contributed by atoms with Gasteiger partial charge in [0, 0.05) is 23.4 Å². The van der Waals surface area contributed by atoms with Crippen LogP contribution in [-0.4, -0.2) is 32.7 Å². The van der Waals surface area contributed by atoms with Crippen molar-refractivity contribution in [1.29, 1.82) is 0 Å². The van der Waals surface area contributed by atoms with Gasteiger partial charge in [0.05, 0.1) is 9.78 Å². The number of thiophene rings is 1. The summed E-state index contributed by atoms with van der Waals surface area (Å²) in [6.07, 6.45) is 2.21. The highest BCUT2D eigenvalue weighted by atomic mass is 32.2. The Labute approximate surface area is 170 Å². The molecular formula is C20H15NO3S3. The molecule has 0 atom stereocenters. The Bertz CT molecular complexity index is 967. The van der Waals surface area contributed by atoms with E-state index in [4.69, 9.17) is 17.3 Å². The maximum atomic E-state index is 12.5. The fourth-order valence-corrected chi connectivity index (χ4v) is 4.54. The average Bonchev–Trinajstić information content (AvgIpc) is 3.20. The number of carbonyl (C=O) groups excluding carboxylic acids is 1. The van der Waals surface area contributed by atoms with Crippen molar-refractivity contribution in [3.05, 3.63) is 62.7 Å². The number of amides is 1. The smallest absolute Gasteiger partial charge is 0.303 e. The molecule has 4 nitrogen and oxygen atoms in total. The summed E-state index contributed by atoms with van der Waals surface area (Å²) >= 11 is 8.01. The monoisotopic (exact) mass is 413 g/mol. The van der Waals surface area contributed by atoms with Crippen LogP contribution >= 0.6 is 35.3 Å². The minimum Gasteiger partial charge on any atom is -0.481 e. The number of thioether (sulfide) groups is 1. The molecule has 1 fully saturated rings. The van der Waals surface area contributed by atoms with Crippen LogP contribution in [-0.2, 0) is 9.59 Å². The number of nitrogens with zero attached hydrogens (tertiary/aromatic N) is 1. The Morgan fingerprint density at radius 1 is 1.19 bits per heavy atom. The zero-order valence-corrected chi connectivity index (χ0v) is 16.6. The van der Waals surface area contributed by atoms with E-state index >= 15 is 0 Å². The third kappa shape index (κ3) is 5.30. The van der Waals surface area contributed by atoms with E-state index in [0.29, 0.717) is 22.2 Å². The first-order valence-corrected chi connectivity index (χ1v) is 10.2. The fourth-order valence-electron chi connectivity index (χ4n) is 2.36. The van der Waals surface area contributed by atoms with Gasteiger partial charge in [-0.25, -0.2) is 0 Å². The minimum atomic E-state index is -0.876. The van der Waals surface area contributed by atoms with E-state index in [1.54, 1.807) is 0 Å². The third-order valence-corrected chi connectivity index (χ3v) is 5.98. The highest BCUT2D eigenvalue weighted by Gasteiger charge is 2.31. The maximum Gasteiger partial charge on any atom is 0.303 e. The van der Waals surface area contributed by atoms with Gasteiger partial charge in [0.1, 0.15) is 4.32 Å². The first kappa shape index (κ1) is 19.4. The van der Waals surface area contributed by atoms with Crippen molar-refractivity contribution < 1.29 is 14.7 Å². The molecule has 0 spiro atoms. The van der Waals surface area contributed by atoms with Gasteiger partial charge in [-0.2, -0.15) is 0 Å². The number of thiocarbonyl (C=S) groups is 1. The molecular weight excluding hydrogens is 398 g/mol. The van der Waals surface area contributed by atoms with Crippen LogP contribution in [0.15, 0.2) is 47.4 Å². The summed E-state index contributed by atoms with van der Waals surface area (Å²) in [5, 5.41) is 8.72. The van der Waals surface area contributed by atoms with E-state index in [1.165, 1.54) is 28.0 Å². The van der Waals surface area contributed by atoms with Crippen LogP contribution in [0.2, 0.25) is 0 Å². The second-order valence-corrected chi connectivity index (χ2v) is 8.44. The largest absolute Gasteiger partial charge is 0.481 e. The Hall–Kier alpha value is -2.40. The van der Waals surface area contributed by atoms with Crippen molar-refractivity contribution in [1.82, 2.24) is 4.90 Å². The fraction of sp³-hybridized carbons (Fsp3) is 0.150. The van der Waals surface area contributed by atoms with Crippen LogP contribution in [0.5, 0.6) is 0 Å². The number of carbonyl (C=O) groups is 2. The number of hydrogen-bond donors (Lipinski definition) is 1. The summed E-state index contributed by atoms with van der Waals surface area (Å²) in [5.74, 6) is 5.20. The summed E-state index contributed by atoms with van der Waals surface area (Å²) in [4.78, 5) is 27.0. The van der Waals surface area contributed by atoms with Crippen LogP contribution in [0.3, 0.4) is 0 Å². The lowest BCUT2D eigenvalue weighted by Crippen LogP contribution is -2.29. The number of benzene rings is 1. The molecule has 1 N–H and O–H groups in total. The number of carboxylic acid groups (broad SMARTS) is 1. The average molecular weight is 414 g/mol. The summed E-state index contributed by atoms with van der Waals surface area (Å²) in [5.41, 5.74) is 0.953. The molecule has 1 amide bonds. The molecule has 2 heterocycles. The van der Waals surface area contributed by atoms with Gasteiger partial charge in [0.2, 0.25) is 0 Å². The Kier molecular flexibility index (Phi) is 6.45. The van der Waals surface area contributed by atoms with E-state index in [9.17, 15) is 9.59 Å². The molecule has 27 heavy (non-hydrogen) atoms. The predicted octanol–water partition coefficient (Wildman–Crippen LogP) is 4.21. The van der Waals surface area contributed by atoms with Gasteiger partial charge in [-0.3, -0.25) is 14.5 Å². The predicted molar refractivity (Wildman–Crippen MR) is 113 cm³/mol. The van der Waals surface area contributed by atoms with E-state index in [-0.39, 0.29) is 12.3 Å². The van der Waals surface area contributed by atoms with E-state index in [0.717, 1.165) is 15.3 Å². The van der Waals surface area contributed by atoms with Crippen LogP contribution in [0.4, 0.5) is 0 Å². The maximum absolute atomic E-state index is 12.5. The topological polar surface area (TPSA) is 57.6 Å². The second-order valence-electron chi connectivity index (χ2n) is 5.65. The van der Waals surface area contributed by atoms with Crippen LogP contribution in [0.1, 0.15) is 28.2 Å². The normalized spacial score (nSPS) is 15.1. The zero-order chi connectivity index (χ0) is 19.2. The van der Waals surface area contributed by atoms with Gasteiger partial charge >= 0.3 is 5.97 Å². The van der Waals surface area contributed by atoms with Crippen molar-refractivity contribution in [3.63, 3.8) is 0 Å². The summed E-state index contributed by atoms with van der Waals surface area (Å²) in [7, 11) is 0. The minimum absolute atomic E-state index is 0.0183. The lowest BCUT2D eigenvalue weighted by atomic mass is 10.2. The molecule has 0 aliphatic carbocycles. The van der Waals surface area contributed by atoms with E-state index in [2.05, 4.69) is 11.8 Å². The van der Waals surface area contributed by atoms with E-state index in [1.807, 2.05) is 48.5 Å². The molecule has 0 saturated carbocycles. The number of hydrogen-bond acceptors (Lipinski definition) is 5. The van der Waals surface area contributed by atoms with Crippen LogP contribution < -0.4 is 0 Å². The molecule has 136 valence electrons. The molecule has 0 unspecified atom stereocenters. The van der Waals surface area contributed by atoms with Crippen molar-refractivity contribution in [3.8, 4) is 11.8 Å². The van der Waals surface area contributed by atoms with Gasteiger partial charge < -0.3 is 5.11 Å². The third-order valence-electron chi connectivity index (χ3n) is 3.65. The lowest BCUT2D eigenvalue weighted by molar-refractivity contribution is -0.137. The molecule has 1 aromatic heterocycles. The SMILES string of the molecule is O=C(O)CCCN1C(=O)C(=Cc2ccc(C#Cc3ccccc3)s2)SC1=S. The number of aliphatic carboxylic acids is 1. The summed E-state index contributed by atoms with van der Waals surface area (Å²) < 4.78 is 0.470. The first-order valence-electron chi connectivity index (χ1n) is 8.17. The van der Waals surface area contributed by atoms with Gasteiger partial charge in [-0.1, -0.05) is 54.0 Å². The van der Waals surface area contributed by atoms with Crippen molar-refractivity contribution in [2.75, 3.05) is 6.54 Å². The second kappa shape index (κ2) is 9.00. The Balaban J connectivity index is 1.68. The molecule has 7 heteroatoms. The standard InChI is InChI=1S/C20H15NO3S3/c22-18(23)7-4-12-21-19(24)17(27-20(21)25)13-16-11-10-15(26-16)9-8-14-5-2-1-3-6-14/h1-3,5-6,10-11,13H,4,7,12H2,(H,22,23). The highest BCUT2D eigenvalue weighted by Crippen LogP contribution is 2.33. The molecule has 2 aromatic rings. The quantitative estimate of drug-likeness (QED) is 0.452. The Morgan fingerprint density at radius 2 is 1.96 bits per heavy atom. The zero-order valence-electron chi connectivity index (χ0n) is 14.2. The van der Waals surface area contributed by atoms with E-state index < -0.39 is 5.97 Å². The lowest BCUT2D eigenvalue weighted by Gasteiger charge is -2.13. The van der Waals surface area contributed by atoms with Crippen molar-refractivity contribution in [2.45, 2.75) is 12.8 Å². The molecule has 1 aliphatic rings. The van der Waals surface area contributed by atoms with Gasteiger partial charge in [-0.05, 0) is 36.8 Å². The number of rotatable bonds is 5. The van der Waals surface area contributed by atoms with Crippen molar-refractivity contribution in [2.24, 2.45) is 0 Å². The van der Waals surface area contributed by atoms with Crippen LogP contribution in [0, 0.1) is 11.8 Å². The molecule has 3 rings (SSSR count). The van der Waals surface area contributed by atoms with Gasteiger partial charge in [0.25, 0.3) is 5.91 Å². The Morgan fingerprint density at radius 3 is 2.70 bits per heavy atom. The van der Waals surface area contributed by atoms with Crippen molar-refractivity contribution >= 4 is 57.6 Å². The molecule has 0 radical (unpaired) electrons. The molecule has 1 aromatic carbocycles. The first-order chi connectivity index (χ1) is 13.0. The summed E-state index contributed by atoms with van der Waals surface area (Å²) in [6, 6.07) is 13.6. The molecule has 1 aliphatic heterocycles. The summed E-state index contributed by atoms with van der Waals surface area (Å²) in [6.45, 7) is 0.326. The van der Waals surface area contributed by atoms with Gasteiger partial charge in [0.15, 0.2) is 0 Å². The molecule has 0 bridgehead atoms. The van der Waals surface area contributed by atoms with Gasteiger partial charge in [-0.15, -0.1) is 11.3 Å².